The van der Waals surface area contributed by atoms with E-state index in [1.165, 1.54) is 0 Å². The van der Waals surface area contributed by atoms with E-state index >= 15 is 0 Å². The number of hydrogen-bond acceptors (Lipinski definition) is 0. The second-order valence-electron chi connectivity index (χ2n) is 3.46. The van der Waals surface area contributed by atoms with Crippen LogP contribution in [0.3, 0.4) is 0 Å². The van der Waals surface area contributed by atoms with Gasteiger partial charge in [0.15, 0.2) is 17.4 Å². The predicted molar refractivity (Wildman–Crippen MR) is 56.3 cm³/mol. The minimum absolute atomic E-state index is 0. The molecule has 0 spiro atoms. The molecule has 0 aliphatic rings. The third-order valence-corrected chi connectivity index (χ3v) is 0. The van der Waals surface area contributed by atoms with Crippen molar-refractivity contribution in [3.63, 3.8) is 0 Å². The van der Waals surface area contributed by atoms with Crippen molar-refractivity contribution >= 4 is 17.4 Å². The van der Waals surface area contributed by atoms with E-state index in [2.05, 4.69) is 41.5 Å². The molecule has 0 aromatic carbocycles. The third-order valence-electron chi connectivity index (χ3n) is 0. The van der Waals surface area contributed by atoms with Crippen LogP contribution in [-0.4, -0.2) is 17.4 Å². The van der Waals surface area contributed by atoms with Crippen molar-refractivity contribution in [2.24, 2.45) is 11.8 Å². The van der Waals surface area contributed by atoms with Gasteiger partial charge in [0.25, 0.3) is 0 Å². The first-order valence-corrected chi connectivity index (χ1v) is 3.46. The van der Waals surface area contributed by atoms with Gasteiger partial charge in [-0.1, -0.05) is 41.5 Å². The Morgan fingerprint density at radius 3 is 0.800 bits per heavy atom. The van der Waals surface area contributed by atoms with Gasteiger partial charge in [0, 0.05) is 2.85 Å². The van der Waals surface area contributed by atoms with Crippen LogP contribution in [-0.2, 0) is 0 Å². The molecule has 0 bridgehead atoms. The zero-order chi connectivity index (χ0) is 7.15. The molecule has 0 radical (unpaired) electrons. The van der Waals surface area contributed by atoms with Crippen molar-refractivity contribution in [1.29, 1.82) is 0 Å². The fraction of sp³-hybridized carbons (Fsp3) is 1.00. The second-order valence-corrected chi connectivity index (χ2v) is 3.46. The molecule has 0 nitrogen and oxygen atoms in total. The summed E-state index contributed by atoms with van der Waals surface area (Å²) in [6, 6.07) is 0. The second kappa shape index (κ2) is 16.9. The zero-order valence-corrected chi connectivity index (χ0v) is 10.2. The van der Waals surface area contributed by atoms with E-state index in [0.717, 1.165) is 11.8 Å². The first-order chi connectivity index (χ1) is 3.46. The number of hydrogen-bond donors (Lipinski definition) is 0. The van der Waals surface area contributed by atoms with E-state index in [1.807, 2.05) is 0 Å². The topological polar surface area (TPSA) is 0 Å². The van der Waals surface area contributed by atoms with E-state index in [9.17, 15) is 0 Å². The van der Waals surface area contributed by atoms with Crippen LogP contribution >= 0.6 is 0 Å². The molecule has 0 rings (SSSR count). The van der Waals surface area contributed by atoms with Crippen molar-refractivity contribution < 1.29 is 33.8 Å². The number of rotatable bonds is 0. The van der Waals surface area contributed by atoms with Crippen LogP contribution in [0.25, 0.3) is 0 Å². The first kappa shape index (κ1) is 22.5. The summed E-state index contributed by atoms with van der Waals surface area (Å²) in [7, 11) is 0. The van der Waals surface area contributed by atoms with Gasteiger partial charge in [-0.05, 0) is 11.8 Å². The maximum Gasteiger partial charge on any atom is 1.00 e. The molecular formula is C8H28AlNa. The molecule has 0 heterocycles. The van der Waals surface area contributed by atoms with E-state index in [-0.39, 0.29) is 51.2 Å². The Labute approximate surface area is 104 Å². The van der Waals surface area contributed by atoms with Crippen molar-refractivity contribution in [3.8, 4) is 0 Å². The van der Waals surface area contributed by atoms with Crippen LogP contribution in [0.2, 0.25) is 0 Å². The largest absolute Gasteiger partial charge is 1.00 e. The Morgan fingerprint density at radius 2 is 0.800 bits per heavy atom. The van der Waals surface area contributed by atoms with E-state index in [0.29, 0.717) is 0 Å². The molecule has 0 saturated carbocycles. The van der Waals surface area contributed by atoms with Crippen molar-refractivity contribution in [3.05, 3.63) is 0 Å². The van der Waals surface area contributed by atoms with Crippen molar-refractivity contribution in [2.45, 2.75) is 41.5 Å². The molecule has 0 aliphatic heterocycles. The molecule has 0 aromatic heterocycles. The van der Waals surface area contributed by atoms with Gasteiger partial charge in [0.2, 0.25) is 0 Å². The molecule has 10 heavy (non-hydrogen) atoms. The Bertz CT molecular complexity index is 34.9. The van der Waals surface area contributed by atoms with Gasteiger partial charge in [-0.15, -0.1) is 0 Å². The summed E-state index contributed by atoms with van der Waals surface area (Å²) in [6.45, 7) is 13.0. The molecular weight excluding hydrogens is 146 g/mol. The fourth-order valence-corrected chi connectivity index (χ4v) is 0. The van der Waals surface area contributed by atoms with Gasteiger partial charge >= 0.3 is 29.6 Å². The minimum atomic E-state index is 0. The van der Waals surface area contributed by atoms with Gasteiger partial charge in [-0.2, -0.15) is 0 Å². The third kappa shape index (κ3) is 296. The van der Waals surface area contributed by atoms with Crippen LogP contribution < -0.4 is 29.6 Å². The van der Waals surface area contributed by atoms with Crippen LogP contribution in [0.4, 0.5) is 0 Å². The van der Waals surface area contributed by atoms with Gasteiger partial charge in [-0.3, -0.25) is 0 Å². The van der Waals surface area contributed by atoms with Crippen LogP contribution in [0.15, 0.2) is 0 Å². The molecule has 0 atom stereocenters. The summed E-state index contributed by atoms with van der Waals surface area (Å²) in [5.74, 6) is 1.67. The van der Waals surface area contributed by atoms with Crippen LogP contribution in [0.5, 0.6) is 0 Å². The first-order valence-electron chi connectivity index (χ1n) is 3.46. The smallest absolute Gasteiger partial charge is 1.00 e. The fourth-order valence-electron chi connectivity index (χ4n) is 0. The minimum Gasteiger partial charge on any atom is -1.00 e. The predicted octanol–water partition coefficient (Wildman–Crippen LogP) is -0.251. The Morgan fingerprint density at radius 1 is 0.800 bits per heavy atom. The van der Waals surface area contributed by atoms with E-state index in [1.54, 1.807) is 0 Å². The quantitative estimate of drug-likeness (QED) is 0.444. The Balaban J connectivity index is -0.00000000800. The normalized spacial score (nSPS) is 7.20. The van der Waals surface area contributed by atoms with Gasteiger partial charge in [0.05, 0.1) is 0 Å². The molecule has 0 aliphatic carbocycles. The van der Waals surface area contributed by atoms with Crippen molar-refractivity contribution in [1.82, 2.24) is 0 Å². The summed E-state index contributed by atoms with van der Waals surface area (Å²) in [6.07, 6.45) is 0. The van der Waals surface area contributed by atoms with Gasteiger partial charge < -0.3 is 1.43 Å². The molecule has 0 unspecified atom stereocenters. The summed E-state index contributed by atoms with van der Waals surface area (Å²) < 4.78 is 0. The molecule has 0 saturated heterocycles. The maximum atomic E-state index is 2.17. The van der Waals surface area contributed by atoms with E-state index < -0.39 is 0 Å². The average molecular weight is 174 g/mol. The molecule has 0 fully saturated rings. The molecule has 2 heteroatoms. The monoisotopic (exact) mass is 174 g/mol. The summed E-state index contributed by atoms with van der Waals surface area (Å²) in [5, 5.41) is 0. The zero-order valence-electron chi connectivity index (χ0n) is 9.15. The van der Waals surface area contributed by atoms with E-state index in [4.69, 9.17) is 0 Å². The van der Waals surface area contributed by atoms with Gasteiger partial charge in [0.1, 0.15) is 0 Å². The Hall–Kier alpha value is 1.53. The summed E-state index contributed by atoms with van der Waals surface area (Å²) >= 11 is 0. The standard InChI is InChI=1S/2C4H10.Al.Na.2H2.4H/c2*1-4(2)3;;;;;;;;/h2*4H,1-3H3;;;2*1H;;;;/q;;;+1;;;;;;-1. The summed E-state index contributed by atoms with van der Waals surface area (Å²) in [4.78, 5) is 0. The molecule has 0 amide bonds. The molecule has 0 N–H and O–H groups in total. The Kier molecular flexibility index (Phi) is 38.0. The van der Waals surface area contributed by atoms with Crippen molar-refractivity contribution in [2.75, 3.05) is 0 Å². The van der Waals surface area contributed by atoms with Crippen LogP contribution in [0, 0.1) is 11.8 Å². The average Bonchev–Trinajstić information content (AvgIpc) is 1.25. The maximum absolute atomic E-state index is 2.17. The SMILES string of the molecule is CC(C)C.CC(C)C.[AlH3].[H-].[HH].[HH].[Na+]. The summed E-state index contributed by atoms with van der Waals surface area (Å²) in [5.41, 5.74) is 0. The molecule has 0 aromatic rings. The van der Waals surface area contributed by atoms with Crippen LogP contribution in [0.1, 0.15) is 45.8 Å². The van der Waals surface area contributed by atoms with Gasteiger partial charge in [-0.25, -0.2) is 0 Å². The molecule has 64 valence electrons.